The molecule has 1 aliphatic carbocycles. The van der Waals surface area contributed by atoms with E-state index in [0.717, 1.165) is 86.5 Å². The number of aliphatic carboxylic acids is 1. The van der Waals surface area contributed by atoms with Crippen LogP contribution in [0, 0.1) is 5.41 Å². The number of fused-ring (bicyclic) bond motifs is 2. The minimum atomic E-state index is -0.808. The number of carboxylic acid groups (broad SMARTS) is 1. The van der Waals surface area contributed by atoms with Crippen LogP contribution in [-0.4, -0.2) is 59.9 Å². The minimum Gasteiger partial charge on any atom is -0.493 e. The van der Waals surface area contributed by atoms with Crippen LogP contribution in [0.1, 0.15) is 93.6 Å². The van der Waals surface area contributed by atoms with E-state index in [2.05, 4.69) is 43.1 Å². The first-order chi connectivity index (χ1) is 18.7. The molecule has 212 valence electrons. The summed E-state index contributed by atoms with van der Waals surface area (Å²) in [5.41, 5.74) is 4.38. The molecule has 1 aromatic carbocycles. The lowest BCUT2D eigenvalue weighted by molar-refractivity contribution is -0.144. The number of unbranched alkanes of at least 4 members (excludes halogenated alkanes) is 1. The Kier molecular flexibility index (Phi) is 8.48. The van der Waals surface area contributed by atoms with Gasteiger partial charge in [-0.1, -0.05) is 39.0 Å². The molecule has 0 radical (unpaired) electrons. The number of nitrogens with zero attached hydrogens (tertiary/aromatic N) is 2. The molecule has 0 spiro atoms. The fraction of sp³-hybridized carbons (Fsp3) is 0.625. The van der Waals surface area contributed by atoms with Gasteiger partial charge < -0.3 is 19.9 Å². The molecule has 2 N–H and O–H groups in total. The summed E-state index contributed by atoms with van der Waals surface area (Å²) in [7, 11) is 1.97. The van der Waals surface area contributed by atoms with E-state index in [4.69, 9.17) is 14.5 Å². The highest BCUT2D eigenvalue weighted by Crippen LogP contribution is 2.45. The van der Waals surface area contributed by atoms with Crippen LogP contribution >= 0.6 is 0 Å². The van der Waals surface area contributed by atoms with Gasteiger partial charge in [0.1, 0.15) is 17.6 Å². The van der Waals surface area contributed by atoms with Gasteiger partial charge in [0.15, 0.2) is 0 Å². The molecule has 4 atom stereocenters. The molecule has 0 bridgehead atoms. The van der Waals surface area contributed by atoms with Crippen LogP contribution in [0.5, 0.6) is 5.75 Å². The van der Waals surface area contributed by atoms with Crippen LogP contribution in [0.2, 0.25) is 0 Å². The minimum absolute atomic E-state index is 0.0137. The van der Waals surface area contributed by atoms with Gasteiger partial charge in [-0.05, 0) is 93.0 Å². The second-order valence-corrected chi connectivity index (χ2v) is 12.4. The molecule has 3 heterocycles. The molecular formula is C32H45N3O4. The highest BCUT2D eigenvalue weighted by atomic mass is 16.5. The van der Waals surface area contributed by atoms with Crippen molar-refractivity contribution in [1.29, 1.82) is 0 Å². The summed E-state index contributed by atoms with van der Waals surface area (Å²) in [6.07, 6.45) is 8.06. The van der Waals surface area contributed by atoms with E-state index in [1.807, 2.05) is 25.2 Å². The van der Waals surface area contributed by atoms with Crippen molar-refractivity contribution < 1.29 is 19.4 Å². The number of likely N-dealkylation sites (N-methyl/N-ethyl adjacent to an activating group) is 1. The third-order valence-corrected chi connectivity index (χ3v) is 9.13. The van der Waals surface area contributed by atoms with E-state index in [1.165, 1.54) is 12.0 Å². The van der Waals surface area contributed by atoms with Gasteiger partial charge in [0, 0.05) is 30.5 Å². The van der Waals surface area contributed by atoms with Crippen molar-refractivity contribution in [3.8, 4) is 5.75 Å². The monoisotopic (exact) mass is 535 g/mol. The maximum absolute atomic E-state index is 12.7. The molecule has 1 saturated carbocycles. The Labute approximate surface area is 233 Å². The number of hydrogen-bond donors (Lipinski definition) is 2. The lowest BCUT2D eigenvalue weighted by Crippen LogP contribution is -2.39. The molecule has 1 fully saturated rings. The summed E-state index contributed by atoms with van der Waals surface area (Å²) in [5.74, 6) is 1.37. The summed E-state index contributed by atoms with van der Waals surface area (Å²) in [4.78, 5) is 19.5. The molecule has 3 aliphatic rings. The number of carboxylic acids is 1. The van der Waals surface area contributed by atoms with Gasteiger partial charge in [0.2, 0.25) is 0 Å². The molecule has 39 heavy (non-hydrogen) atoms. The maximum atomic E-state index is 12.7. The SMILES string of the molecule is C[C@@H]1CCOc2cccc([C@H](C(=O)O)N(C)C3CC(OCCCCc4ccc5c(n4)NCCC5)C(C)(C)C3)c21. The largest absolute Gasteiger partial charge is 0.493 e. The molecule has 0 amide bonds. The Balaban J connectivity index is 1.17. The zero-order valence-electron chi connectivity index (χ0n) is 24.0. The third kappa shape index (κ3) is 6.09. The first-order valence-corrected chi connectivity index (χ1v) is 14.8. The van der Waals surface area contributed by atoms with Crippen LogP contribution in [0.4, 0.5) is 5.82 Å². The molecule has 7 nitrogen and oxygen atoms in total. The van der Waals surface area contributed by atoms with Crippen molar-refractivity contribution in [2.45, 2.75) is 96.2 Å². The van der Waals surface area contributed by atoms with Crippen molar-refractivity contribution in [1.82, 2.24) is 9.88 Å². The van der Waals surface area contributed by atoms with Crippen LogP contribution in [0.25, 0.3) is 0 Å². The normalized spacial score (nSPS) is 24.4. The van der Waals surface area contributed by atoms with Crippen LogP contribution in [-0.2, 0) is 22.4 Å². The van der Waals surface area contributed by atoms with E-state index in [1.54, 1.807) is 0 Å². The van der Waals surface area contributed by atoms with E-state index in [9.17, 15) is 9.90 Å². The van der Waals surface area contributed by atoms with Crippen LogP contribution in [0.3, 0.4) is 0 Å². The van der Waals surface area contributed by atoms with Crippen LogP contribution in [0.15, 0.2) is 30.3 Å². The van der Waals surface area contributed by atoms with Gasteiger partial charge in [-0.25, -0.2) is 4.98 Å². The lowest BCUT2D eigenvalue weighted by Gasteiger charge is -2.34. The molecule has 0 saturated heterocycles. The average Bonchev–Trinajstić information content (AvgIpc) is 3.22. The number of carbonyl (C=O) groups is 1. The average molecular weight is 536 g/mol. The second-order valence-electron chi connectivity index (χ2n) is 12.4. The van der Waals surface area contributed by atoms with Crippen molar-refractivity contribution in [2.24, 2.45) is 5.41 Å². The standard InChI is InChI=1S/C32H45N3O4/c1-21-15-18-38-26-12-7-11-25(28(21)26)29(31(36)37)35(4)24-19-27(32(2,3)20-24)39-17-6-5-10-23-14-13-22-9-8-16-33-30(22)34-23/h7,11-14,21,24,27,29H,5-6,8-10,15-20H2,1-4H3,(H,33,34)(H,36,37)/t21-,24?,27?,29-/m1/s1. The Hall–Kier alpha value is -2.64. The number of benzene rings is 1. The zero-order chi connectivity index (χ0) is 27.6. The van der Waals surface area contributed by atoms with Gasteiger partial charge in [-0.3, -0.25) is 9.69 Å². The number of hydrogen-bond acceptors (Lipinski definition) is 6. The molecule has 1 aromatic heterocycles. The predicted octanol–water partition coefficient (Wildman–Crippen LogP) is 5.98. The first kappa shape index (κ1) is 27.9. The zero-order valence-corrected chi connectivity index (χ0v) is 24.0. The maximum Gasteiger partial charge on any atom is 0.325 e. The highest BCUT2D eigenvalue weighted by molar-refractivity contribution is 5.77. The van der Waals surface area contributed by atoms with Crippen LogP contribution < -0.4 is 10.1 Å². The Morgan fingerprint density at radius 2 is 2.13 bits per heavy atom. The third-order valence-electron chi connectivity index (χ3n) is 9.13. The number of pyridine rings is 1. The smallest absolute Gasteiger partial charge is 0.325 e. The van der Waals surface area contributed by atoms with Crippen molar-refractivity contribution in [2.75, 3.05) is 32.1 Å². The Morgan fingerprint density at radius 3 is 2.95 bits per heavy atom. The summed E-state index contributed by atoms with van der Waals surface area (Å²) in [6.45, 7) is 9.10. The quantitative estimate of drug-likeness (QED) is 0.362. The van der Waals surface area contributed by atoms with Crippen molar-refractivity contribution >= 4 is 11.8 Å². The molecule has 5 rings (SSSR count). The molecule has 7 heteroatoms. The van der Waals surface area contributed by atoms with Gasteiger partial charge in [-0.15, -0.1) is 0 Å². The molecule has 2 aromatic rings. The van der Waals surface area contributed by atoms with E-state index < -0.39 is 12.0 Å². The summed E-state index contributed by atoms with van der Waals surface area (Å²) >= 11 is 0. The number of anilines is 1. The van der Waals surface area contributed by atoms with E-state index in [-0.39, 0.29) is 23.5 Å². The van der Waals surface area contributed by atoms with E-state index >= 15 is 0 Å². The van der Waals surface area contributed by atoms with Crippen molar-refractivity contribution in [3.05, 3.63) is 52.7 Å². The fourth-order valence-electron chi connectivity index (χ4n) is 6.81. The summed E-state index contributed by atoms with van der Waals surface area (Å²) in [5, 5.41) is 13.8. The highest BCUT2D eigenvalue weighted by Gasteiger charge is 2.45. The number of rotatable bonds is 10. The molecule has 2 aliphatic heterocycles. The van der Waals surface area contributed by atoms with Gasteiger partial charge >= 0.3 is 5.97 Å². The number of nitrogens with one attached hydrogen (secondary N) is 1. The number of aryl methyl sites for hydroxylation is 2. The summed E-state index contributed by atoms with van der Waals surface area (Å²) in [6, 6.07) is 9.69. The van der Waals surface area contributed by atoms with Gasteiger partial charge in [0.25, 0.3) is 0 Å². The van der Waals surface area contributed by atoms with E-state index in [0.29, 0.717) is 6.61 Å². The predicted molar refractivity (Wildman–Crippen MR) is 154 cm³/mol. The number of ether oxygens (including phenoxy) is 2. The molecule has 2 unspecified atom stereocenters. The topological polar surface area (TPSA) is 83.9 Å². The molecular weight excluding hydrogens is 490 g/mol. The summed E-state index contributed by atoms with van der Waals surface area (Å²) < 4.78 is 12.4. The second kappa shape index (κ2) is 11.8. The van der Waals surface area contributed by atoms with Crippen molar-refractivity contribution in [3.63, 3.8) is 0 Å². The Bertz CT molecular complexity index is 1170. The lowest BCUT2D eigenvalue weighted by atomic mass is 9.86. The van der Waals surface area contributed by atoms with Gasteiger partial charge in [0.05, 0.1) is 12.7 Å². The Morgan fingerprint density at radius 1 is 1.28 bits per heavy atom. The van der Waals surface area contributed by atoms with Gasteiger partial charge in [-0.2, -0.15) is 0 Å². The first-order valence-electron chi connectivity index (χ1n) is 14.8. The fourth-order valence-corrected chi connectivity index (χ4v) is 6.81. The number of aromatic nitrogens is 1.